The summed E-state index contributed by atoms with van der Waals surface area (Å²) in [5, 5.41) is 17.5. The van der Waals surface area contributed by atoms with Crippen molar-refractivity contribution in [3.8, 4) is 0 Å². The number of carboxylic acid groups (broad SMARTS) is 1. The van der Waals surface area contributed by atoms with Crippen LogP contribution in [0.15, 0.2) is 69.7 Å². The van der Waals surface area contributed by atoms with Crippen molar-refractivity contribution in [1.29, 1.82) is 0 Å². The second-order valence-corrected chi connectivity index (χ2v) is 6.77. The fraction of sp³-hybridized carbons (Fsp3) is 0. The number of carboxylic acids is 1. The monoisotopic (exact) mass is 371 g/mol. The summed E-state index contributed by atoms with van der Waals surface area (Å²) in [6.45, 7) is 0. The van der Waals surface area contributed by atoms with Crippen LogP contribution in [0.25, 0.3) is 10.8 Å². The van der Waals surface area contributed by atoms with E-state index in [9.17, 15) is 17.8 Å². The van der Waals surface area contributed by atoms with Crippen LogP contribution in [0.3, 0.4) is 0 Å². The highest BCUT2D eigenvalue weighted by Crippen LogP contribution is 2.36. The van der Waals surface area contributed by atoms with Crippen LogP contribution in [0.4, 0.5) is 17.1 Å². The Morgan fingerprint density at radius 2 is 1.58 bits per heavy atom. The van der Waals surface area contributed by atoms with Crippen molar-refractivity contribution in [2.45, 2.75) is 4.90 Å². The molecule has 0 saturated heterocycles. The standard InChI is InChI=1S/C17H13N3O5S/c18-16-13-4-2-1-3-12(13)15(26(23,24)25)9-14(16)20-19-11-7-5-10(6-8-11)17(21)22/h1-9H,18H2,(H,21,22)(H,23,24,25)/b20-19+. The topological polar surface area (TPSA) is 142 Å². The first-order valence-electron chi connectivity index (χ1n) is 7.31. The fourth-order valence-electron chi connectivity index (χ4n) is 2.43. The zero-order valence-electron chi connectivity index (χ0n) is 13.2. The molecule has 4 N–H and O–H groups in total. The van der Waals surface area contributed by atoms with Gasteiger partial charge in [0.05, 0.1) is 16.9 Å². The summed E-state index contributed by atoms with van der Waals surface area (Å²) >= 11 is 0. The van der Waals surface area contributed by atoms with E-state index in [1.54, 1.807) is 18.2 Å². The van der Waals surface area contributed by atoms with Crippen molar-refractivity contribution in [2.24, 2.45) is 10.2 Å². The van der Waals surface area contributed by atoms with E-state index >= 15 is 0 Å². The molecule has 26 heavy (non-hydrogen) atoms. The number of hydrogen-bond donors (Lipinski definition) is 3. The number of fused-ring (bicyclic) bond motifs is 1. The average molecular weight is 371 g/mol. The lowest BCUT2D eigenvalue weighted by atomic mass is 10.1. The van der Waals surface area contributed by atoms with Crippen LogP contribution in [-0.4, -0.2) is 24.0 Å². The van der Waals surface area contributed by atoms with E-state index in [0.29, 0.717) is 11.1 Å². The van der Waals surface area contributed by atoms with Gasteiger partial charge >= 0.3 is 5.97 Å². The number of anilines is 1. The second-order valence-electron chi connectivity index (χ2n) is 5.38. The number of carbonyl (C=O) groups is 1. The average Bonchev–Trinajstić information content (AvgIpc) is 2.60. The van der Waals surface area contributed by atoms with Gasteiger partial charge in [0.2, 0.25) is 0 Å². The van der Waals surface area contributed by atoms with Crippen LogP contribution in [0, 0.1) is 0 Å². The Morgan fingerprint density at radius 3 is 2.15 bits per heavy atom. The lowest BCUT2D eigenvalue weighted by Crippen LogP contribution is -2.01. The van der Waals surface area contributed by atoms with Gasteiger partial charge < -0.3 is 10.8 Å². The molecule has 0 heterocycles. The molecule has 132 valence electrons. The van der Waals surface area contributed by atoms with Gasteiger partial charge in [-0.15, -0.1) is 5.11 Å². The van der Waals surface area contributed by atoms with E-state index in [1.165, 1.54) is 30.3 Å². The van der Waals surface area contributed by atoms with Crippen molar-refractivity contribution in [2.75, 3.05) is 5.73 Å². The van der Waals surface area contributed by atoms with E-state index in [-0.39, 0.29) is 27.2 Å². The Bertz CT molecular complexity index is 1140. The highest BCUT2D eigenvalue weighted by Gasteiger charge is 2.18. The molecule has 3 aromatic rings. The lowest BCUT2D eigenvalue weighted by molar-refractivity contribution is 0.0697. The summed E-state index contributed by atoms with van der Waals surface area (Å²) < 4.78 is 32.8. The zero-order chi connectivity index (χ0) is 18.9. The number of aromatic carboxylic acids is 1. The summed E-state index contributed by atoms with van der Waals surface area (Å²) in [6, 6.07) is 13.2. The molecule has 0 bridgehead atoms. The molecule has 0 aliphatic carbocycles. The summed E-state index contributed by atoms with van der Waals surface area (Å²) in [6.07, 6.45) is 0. The van der Waals surface area contributed by atoms with E-state index < -0.39 is 16.1 Å². The van der Waals surface area contributed by atoms with Crippen molar-refractivity contribution in [1.82, 2.24) is 0 Å². The molecular weight excluding hydrogens is 358 g/mol. The number of nitrogens with zero attached hydrogens (tertiary/aromatic N) is 2. The molecule has 0 saturated carbocycles. The highest BCUT2D eigenvalue weighted by atomic mass is 32.2. The SMILES string of the molecule is Nc1c(/N=N/c2ccc(C(=O)O)cc2)cc(S(=O)(=O)O)c2ccccc12. The molecule has 0 aliphatic heterocycles. The molecule has 0 fully saturated rings. The number of benzene rings is 3. The minimum atomic E-state index is -4.49. The van der Waals surface area contributed by atoms with Crippen LogP contribution in [-0.2, 0) is 10.1 Å². The molecule has 0 amide bonds. The quantitative estimate of drug-likeness (QED) is 0.362. The molecule has 0 unspecified atom stereocenters. The summed E-state index contributed by atoms with van der Waals surface area (Å²) in [4.78, 5) is 10.5. The van der Waals surface area contributed by atoms with Crippen LogP contribution < -0.4 is 5.73 Å². The zero-order valence-corrected chi connectivity index (χ0v) is 14.0. The van der Waals surface area contributed by atoms with Gasteiger partial charge in [0.25, 0.3) is 10.1 Å². The van der Waals surface area contributed by atoms with E-state index in [4.69, 9.17) is 10.8 Å². The third kappa shape index (κ3) is 3.39. The van der Waals surface area contributed by atoms with E-state index in [1.807, 2.05) is 0 Å². The summed E-state index contributed by atoms with van der Waals surface area (Å²) in [5.74, 6) is -1.06. The first-order valence-corrected chi connectivity index (χ1v) is 8.75. The van der Waals surface area contributed by atoms with E-state index in [0.717, 1.165) is 6.07 Å². The maximum Gasteiger partial charge on any atom is 0.335 e. The van der Waals surface area contributed by atoms with Gasteiger partial charge in [-0.1, -0.05) is 24.3 Å². The van der Waals surface area contributed by atoms with E-state index in [2.05, 4.69) is 10.2 Å². The van der Waals surface area contributed by atoms with Crippen LogP contribution in [0.2, 0.25) is 0 Å². The third-order valence-electron chi connectivity index (χ3n) is 3.69. The largest absolute Gasteiger partial charge is 0.478 e. The molecule has 0 spiro atoms. The van der Waals surface area contributed by atoms with Crippen molar-refractivity contribution in [3.63, 3.8) is 0 Å². The predicted molar refractivity (Wildman–Crippen MR) is 95.8 cm³/mol. The number of azo groups is 1. The first-order chi connectivity index (χ1) is 12.3. The summed E-state index contributed by atoms with van der Waals surface area (Å²) in [7, 11) is -4.49. The van der Waals surface area contributed by atoms with Gasteiger partial charge in [-0.2, -0.15) is 13.5 Å². The van der Waals surface area contributed by atoms with Crippen molar-refractivity contribution < 1.29 is 22.9 Å². The Balaban J connectivity index is 2.10. The minimum absolute atomic E-state index is 0.0682. The van der Waals surface area contributed by atoms with Crippen molar-refractivity contribution in [3.05, 3.63) is 60.2 Å². The lowest BCUT2D eigenvalue weighted by Gasteiger charge is -2.09. The molecular formula is C17H13N3O5S. The fourth-order valence-corrected chi connectivity index (χ4v) is 3.15. The highest BCUT2D eigenvalue weighted by molar-refractivity contribution is 7.86. The van der Waals surface area contributed by atoms with Gasteiger partial charge in [0, 0.05) is 10.8 Å². The Labute approximate surface area is 148 Å². The Morgan fingerprint density at radius 1 is 0.962 bits per heavy atom. The Hall–Kier alpha value is -3.30. The number of rotatable bonds is 4. The van der Waals surface area contributed by atoms with Crippen LogP contribution in [0.5, 0.6) is 0 Å². The molecule has 9 heteroatoms. The number of nitrogen functional groups attached to an aromatic ring is 1. The third-order valence-corrected chi connectivity index (χ3v) is 4.59. The summed E-state index contributed by atoms with van der Waals surface area (Å²) in [5.41, 5.74) is 6.78. The predicted octanol–water partition coefficient (Wildman–Crippen LogP) is 3.78. The maximum absolute atomic E-state index is 11.7. The minimum Gasteiger partial charge on any atom is -0.478 e. The maximum atomic E-state index is 11.7. The van der Waals surface area contributed by atoms with Gasteiger partial charge in [-0.3, -0.25) is 4.55 Å². The van der Waals surface area contributed by atoms with Gasteiger partial charge in [-0.25, -0.2) is 4.79 Å². The molecule has 3 aromatic carbocycles. The number of hydrogen-bond acceptors (Lipinski definition) is 6. The molecule has 0 aromatic heterocycles. The van der Waals surface area contributed by atoms with Gasteiger partial charge in [0.15, 0.2) is 0 Å². The normalized spacial score (nSPS) is 11.9. The first kappa shape index (κ1) is 17.5. The molecule has 0 atom stereocenters. The van der Waals surface area contributed by atoms with Crippen molar-refractivity contribution >= 4 is 43.9 Å². The van der Waals surface area contributed by atoms with Gasteiger partial charge in [0.1, 0.15) is 10.6 Å². The second kappa shape index (κ2) is 6.54. The molecule has 0 aliphatic rings. The molecule has 8 nitrogen and oxygen atoms in total. The number of nitrogens with two attached hydrogens (primary N) is 1. The van der Waals surface area contributed by atoms with Crippen LogP contribution >= 0.6 is 0 Å². The van der Waals surface area contributed by atoms with Gasteiger partial charge in [-0.05, 0) is 30.3 Å². The Kier molecular flexibility index (Phi) is 4.41. The smallest absolute Gasteiger partial charge is 0.335 e. The molecule has 3 rings (SSSR count). The van der Waals surface area contributed by atoms with Crippen LogP contribution in [0.1, 0.15) is 10.4 Å². The molecule has 0 radical (unpaired) electrons.